The largest absolute Gasteiger partial charge is 0.497 e. The van der Waals surface area contributed by atoms with Gasteiger partial charge in [-0.25, -0.2) is 0 Å². The molecular formula is C20H21N3O4. The van der Waals surface area contributed by atoms with Gasteiger partial charge in [-0.1, -0.05) is 25.1 Å². The number of fused-ring (bicyclic) bond motifs is 1. The second kappa shape index (κ2) is 8.35. The minimum Gasteiger partial charge on any atom is -0.497 e. The zero-order valence-electron chi connectivity index (χ0n) is 15.3. The van der Waals surface area contributed by atoms with Crippen LogP contribution in [-0.2, 0) is 11.3 Å². The van der Waals surface area contributed by atoms with Gasteiger partial charge in [0.05, 0.1) is 12.6 Å². The van der Waals surface area contributed by atoms with Gasteiger partial charge in [0.25, 0.3) is 0 Å². The first-order chi connectivity index (χ1) is 13.1. The van der Waals surface area contributed by atoms with Crippen molar-refractivity contribution in [2.24, 2.45) is 10.2 Å². The average molecular weight is 367 g/mol. The molecule has 1 heterocycles. The van der Waals surface area contributed by atoms with Crippen LogP contribution in [0.15, 0.2) is 58.8 Å². The topological polar surface area (TPSA) is 85.4 Å². The molecule has 0 radical (unpaired) electrons. The molecule has 140 valence electrons. The second-order valence-electron chi connectivity index (χ2n) is 5.90. The van der Waals surface area contributed by atoms with Gasteiger partial charge in [-0.15, -0.1) is 10.2 Å². The van der Waals surface area contributed by atoms with Crippen LogP contribution in [0.5, 0.6) is 17.4 Å². The summed E-state index contributed by atoms with van der Waals surface area (Å²) in [6, 6.07) is 14.4. The fourth-order valence-corrected chi connectivity index (χ4v) is 2.77. The van der Waals surface area contributed by atoms with E-state index >= 15 is 0 Å². The first kappa shape index (κ1) is 18.4. The Bertz CT molecular complexity index is 961. The number of para-hydroxylation sites is 1. The highest BCUT2D eigenvalue weighted by Gasteiger charge is 2.16. The van der Waals surface area contributed by atoms with Gasteiger partial charge in [-0.3, -0.25) is 4.79 Å². The lowest BCUT2D eigenvalue weighted by atomic mass is 10.2. The van der Waals surface area contributed by atoms with Gasteiger partial charge in [0.15, 0.2) is 12.3 Å². The molecule has 0 bridgehead atoms. The van der Waals surface area contributed by atoms with Crippen LogP contribution in [0.3, 0.4) is 0 Å². The molecule has 0 aliphatic heterocycles. The van der Waals surface area contributed by atoms with E-state index in [4.69, 9.17) is 9.47 Å². The summed E-state index contributed by atoms with van der Waals surface area (Å²) >= 11 is 0. The fraction of sp³-hybridized carbons (Fsp3) is 0.250. The van der Waals surface area contributed by atoms with Crippen molar-refractivity contribution >= 4 is 22.5 Å². The third-order valence-corrected chi connectivity index (χ3v) is 4.05. The first-order valence-corrected chi connectivity index (χ1v) is 8.65. The van der Waals surface area contributed by atoms with Crippen molar-refractivity contribution in [1.29, 1.82) is 0 Å². The number of ether oxygens (including phenoxy) is 2. The summed E-state index contributed by atoms with van der Waals surface area (Å²) in [4.78, 5) is 12.0. The molecule has 0 aliphatic rings. The smallest absolute Gasteiger partial charge is 0.302 e. The van der Waals surface area contributed by atoms with Crippen LogP contribution < -0.4 is 9.47 Å². The summed E-state index contributed by atoms with van der Waals surface area (Å²) in [5.41, 5.74) is 1.14. The summed E-state index contributed by atoms with van der Waals surface area (Å²) in [6.07, 6.45) is 0.859. The van der Waals surface area contributed by atoms with E-state index in [9.17, 15) is 9.90 Å². The van der Waals surface area contributed by atoms with Crippen molar-refractivity contribution in [3.63, 3.8) is 0 Å². The van der Waals surface area contributed by atoms with Crippen molar-refractivity contribution in [1.82, 2.24) is 4.57 Å². The molecule has 3 rings (SSSR count). The molecule has 7 heteroatoms. The van der Waals surface area contributed by atoms with Crippen molar-refractivity contribution < 1.29 is 19.4 Å². The van der Waals surface area contributed by atoms with Gasteiger partial charge in [-0.05, 0) is 36.8 Å². The number of hydrogen-bond acceptors (Lipinski definition) is 5. The molecule has 3 aromatic rings. The average Bonchev–Trinajstić information content (AvgIpc) is 2.97. The highest BCUT2D eigenvalue weighted by atomic mass is 16.5. The number of benzene rings is 2. The SMILES string of the molecule is CCCn1c(O)c(N=NC(=O)COc2ccc(OC)cc2)c2ccccc21. The van der Waals surface area contributed by atoms with Gasteiger partial charge in [0.2, 0.25) is 5.88 Å². The van der Waals surface area contributed by atoms with Crippen LogP contribution >= 0.6 is 0 Å². The van der Waals surface area contributed by atoms with Crippen molar-refractivity contribution in [2.45, 2.75) is 19.9 Å². The summed E-state index contributed by atoms with van der Waals surface area (Å²) in [6.45, 7) is 2.43. The molecule has 0 saturated heterocycles. The quantitative estimate of drug-likeness (QED) is 0.625. The predicted octanol–water partition coefficient (Wildman–Crippen LogP) is 4.45. The molecule has 0 saturated carbocycles. The number of aromatic hydroxyl groups is 1. The molecule has 0 unspecified atom stereocenters. The number of amides is 1. The van der Waals surface area contributed by atoms with E-state index in [-0.39, 0.29) is 18.2 Å². The molecule has 1 aromatic heterocycles. The Morgan fingerprint density at radius 2 is 1.81 bits per heavy atom. The van der Waals surface area contributed by atoms with E-state index in [1.807, 2.05) is 31.2 Å². The molecule has 0 fully saturated rings. The Kier molecular flexibility index (Phi) is 5.71. The van der Waals surface area contributed by atoms with Gasteiger partial charge in [0.1, 0.15) is 11.5 Å². The molecule has 27 heavy (non-hydrogen) atoms. The Hall–Kier alpha value is -3.35. The minimum atomic E-state index is -0.544. The van der Waals surface area contributed by atoms with Crippen LogP contribution in [0.1, 0.15) is 13.3 Å². The number of carbonyl (C=O) groups is 1. The van der Waals surface area contributed by atoms with E-state index in [1.54, 1.807) is 35.9 Å². The molecule has 0 aliphatic carbocycles. The zero-order chi connectivity index (χ0) is 19.2. The molecule has 1 amide bonds. The Balaban J connectivity index is 1.73. The van der Waals surface area contributed by atoms with Crippen molar-refractivity contribution in [3.8, 4) is 17.4 Å². The first-order valence-electron chi connectivity index (χ1n) is 8.65. The maximum atomic E-state index is 12.0. The molecule has 7 nitrogen and oxygen atoms in total. The lowest BCUT2D eigenvalue weighted by Gasteiger charge is -2.04. The Morgan fingerprint density at radius 1 is 1.11 bits per heavy atom. The van der Waals surface area contributed by atoms with Crippen LogP contribution in [0.25, 0.3) is 10.9 Å². The van der Waals surface area contributed by atoms with Gasteiger partial charge in [-0.2, -0.15) is 0 Å². The number of rotatable bonds is 7. The molecule has 2 aromatic carbocycles. The van der Waals surface area contributed by atoms with Gasteiger partial charge in [0, 0.05) is 11.9 Å². The number of aromatic nitrogens is 1. The number of methoxy groups -OCH3 is 1. The summed E-state index contributed by atoms with van der Waals surface area (Å²) in [5.74, 6) is 0.692. The fourth-order valence-electron chi connectivity index (χ4n) is 2.77. The standard InChI is InChI=1S/C20H21N3O4/c1-3-12-23-17-7-5-4-6-16(17)19(20(23)25)22-21-18(24)13-27-15-10-8-14(26-2)9-11-15/h4-11,25H,3,12-13H2,1-2H3. The third kappa shape index (κ3) is 4.08. The second-order valence-corrected chi connectivity index (χ2v) is 5.90. The van der Waals surface area contributed by atoms with E-state index < -0.39 is 5.91 Å². The highest BCUT2D eigenvalue weighted by molar-refractivity contribution is 5.95. The lowest BCUT2D eigenvalue weighted by Crippen LogP contribution is -2.07. The summed E-state index contributed by atoms with van der Waals surface area (Å²) in [5, 5.41) is 18.9. The predicted molar refractivity (Wildman–Crippen MR) is 102 cm³/mol. The number of carbonyl (C=O) groups excluding carboxylic acids is 1. The summed E-state index contributed by atoms with van der Waals surface area (Å²) in [7, 11) is 1.58. The summed E-state index contributed by atoms with van der Waals surface area (Å²) < 4.78 is 12.2. The molecule has 0 spiro atoms. The Morgan fingerprint density at radius 3 is 2.52 bits per heavy atom. The maximum Gasteiger partial charge on any atom is 0.302 e. The molecule has 1 N–H and O–H groups in total. The van der Waals surface area contributed by atoms with E-state index in [0.29, 0.717) is 18.0 Å². The number of aryl methyl sites for hydroxylation is 1. The monoisotopic (exact) mass is 367 g/mol. The van der Waals surface area contributed by atoms with Gasteiger partial charge < -0.3 is 19.1 Å². The molecule has 0 atom stereocenters. The maximum absolute atomic E-state index is 12.0. The van der Waals surface area contributed by atoms with Crippen LogP contribution in [0.2, 0.25) is 0 Å². The van der Waals surface area contributed by atoms with E-state index in [2.05, 4.69) is 10.2 Å². The van der Waals surface area contributed by atoms with Crippen LogP contribution in [0, 0.1) is 0 Å². The Labute approximate surface area is 156 Å². The van der Waals surface area contributed by atoms with E-state index in [0.717, 1.165) is 17.3 Å². The van der Waals surface area contributed by atoms with Crippen molar-refractivity contribution in [3.05, 3.63) is 48.5 Å². The molecular weight excluding hydrogens is 346 g/mol. The van der Waals surface area contributed by atoms with Gasteiger partial charge >= 0.3 is 5.91 Å². The normalized spacial score (nSPS) is 11.2. The highest BCUT2D eigenvalue weighted by Crippen LogP contribution is 2.38. The number of nitrogens with zero attached hydrogens (tertiary/aromatic N) is 3. The van der Waals surface area contributed by atoms with Crippen LogP contribution in [-0.4, -0.2) is 29.3 Å². The number of azo groups is 1. The number of hydrogen-bond donors (Lipinski definition) is 1. The zero-order valence-corrected chi connectivity index (χ0v) is 15.3. The van der Waals surface area contributed by atoms with Crippen molar-refractivity contribution in [2.75, 3.05) is 13.7 Å². The third-order valence-electron chi connectivity index (χ3n) is 4.05. The van der Waals surface area contributed by atoms with Crippen LogP contribution in [0.4, 0.5) is 5.69 Å². The van der Waals surface area contributed by atoms with E-state index in [1.165, 1.54) is 0 Å². The lowest BCUT2D eigenvalue weighted by molar-refractivity contribution is -0.120. The minimum absolute atomic E-state index is 0.00525.